The van der Waals surface area contributed by atoms with Crippen molar-refractivity contribution in [2.45, 2.75) is 13.8 Å². The molecule has 0 saturated heterocycles. The second kappa shape index (κ2) is 10.5. The number of aryl methyl sites for hydroxylation is 2. The van der Waals surface area contributed by atoms with Gasteiger partial charge in [-0.1, -0.05) is 0 Å². The highest BCUT2D eigenvalue weighted by Gasteiger charge is 2.21. The summed E-state index contributed by atoms with van der Waals surface area (Å²) < 4.78 is 31.4. The smallest absolute Gasteiger partial charge is 0.261 e. The van der Waals surface area contributed by atoms with Crippen molar-refractivity contribution in [2.75, 3.05) is 19.5 Å². The van der Waals surface area contributed by atoms with E-state index in [-0.39, 0.29) is 34.4 Å². The molecular formula is C28H23FN4O5S. The molecule has 0 aliphatic rings. The van der Waals surface area contributed by atoms with Gasteiger partial charge in [-0.3, -0.25) is 14.8 Å². The van der Waals surface area contributed by atoms with Crippen LogP contribution in [0.15, 0.2) is 54.2 Å². The van der Waals surface area contributed by atoms with E-state index < -0.39 is 11.7 Å². The second-order valence-corrected chi connectivity index (χ2v) is 9.41. The lowest BCUT2D eigenvalue weighted by Crippen LogP contribution is -2.13. The number of fused-ring (bicyclic) bond motifs is 1. The van der Waals surface area contributed by atoms with Gasteiger partial charge < -0.3 is 24.6 Å². The number of aromatic nitrogens is 3. The molecule has 9 nitrogen and oxygen atoms in total. The van der Waals surface area contributed by atoms with Crippen molar-refractivity contribution in [3.8, 4) is 39.3 Å². The fourth-order valence-electron chi connectivity index (χ4n) is 4.03. The lowest BCUT2D eigenvalue weighted by molar-refractivity contribution is 0.102. The van der Waals surface area contributed by atoms with Gasteiger partial charge in [0, 0.05) is 46.9 Å². The number of halogens is 1. The van der Waals surface area contributed by atoms with Gasteiger partial charge >= 0.3 is 0 Å². The van der Waals surface area contributed by atoms with Crippen LogP contribution in [0.3, 0.4) is 0 Å². The summed E-state index contributed by atoms with van der Waals surface area (Å²) in [5, 5.41) is 15.4. The van der Waals surface area contributed by atoms with Crippen LogP contribution in [0.2, 0.25) is 0 Å². The third-order valence-corrected chi connectivity index (χ3v) is 7.04. The van der Waals surface area contributed by atoms with Crippen LogP contribution < -0.4 is 19.5 Å². The predicted molar refractivity (Wildman–Crippen MR) is 146 cm³/mol. The molecule has 1 amide bonds. The Morgan fingerprint density at radius 3 is 2.54 bits per heavy atom. The topological polar surface area (TPSA) is 116 Å². The standard InChI is InChI=1S/C28H23FN4O5S/c1-14-8-10-39-26(14)23-15(2)31-13-17(25(23)34)27(35)32-16-5-6-20(18(29)11-16)38-21-7-9-30-19-12-22(36-3)28(37-4)33-24(19)21/h5-13H,1-4H3,(H,31,34)(H,32,35). The van der Waals surface area contributed by atoms with Gasteiger partial charge in [0.25, 0.3) is 11.8 Å². The molecule has 0 spiro atoms. The van der Waals surface area contributed by atoms with E-state index in [1.807, 2.05) is 18.4 Å². The minimum Gasteiger partial charge on any atom is -0.506 e. The Labute approximate surface area is 226 Å². The molecule has 0 aliphatic carbocycles. The molecule has 5 aromatic rings. The molecule has 0 atom stereocenters. The Morgan fingerprint density at radius 1 is 1.03 bits per heavy atom. The van der Waals surface area contributed by atoms with Gasteiger partial charge in [-0.2, -0.15) is 0 Å². The van der Waals surface area contributed by atoms with Crippen LogP contribution in [-0.4, -0.2) is 40.2 Å². The van der Waals surface area contributed by atoms with Crippen LogP contribution >= 0.6 is 11.3 Å². The number of thiophene rings is 1. The zero-order chi connectivity index (χ0) is 27.7. The average Bonchev–Trinajstić information content (AvgIpc) is 3.34. The largest absolute Gasteiger partial charge is 0.506 e. The highest BCUT2D eigenvalue weighted by atomic mass is 32.1. The highest BCUT2D eigenvalue weighted by molar-refractivity contribution is 7.13. The third kappa shape index (κ3) is 4.91. The molecule has 0 saturated carbocycles. The first-order valence-electron chi connectivity index (χ1n) is 11.7. The van der Waals surface area contributed by atoms with E-state index in [1.54, 1.807) is 19.1 Å². The number of carbonyl (C=O) groups is 1. The van der Waals surface area contributed by atoms with Crippen LogP contribution in [0.5, 0.6) is 28.9 Å². The van der Waals surface area contributed by atoms with Gasteiger partial charge in [-0.15, -0.1) is 11.3 Å². The molecule has 0 fully saturated rings. The fourth-order valence-corrected chi connectivity index (χ4v) is 5.05. The highest BCUT2D eigenvalue weighted by Crippen LogP contribution is 2.39. The van der Waals surface area contributed by atoms with Crippen LogP contribution in [0, 0.1) is 19.7 Å². The van der Waals surface area contributed by atoms with E-state index in [0.29, 0.717) is 28.0 Å². The monoisotopic (exact) mass is 546 g/mol. The zero-order valence-corrected chi connectivity index (χ0v) is 22.2. The third-order valence-electron chi connectivity index (χ3n) is 6.01. The Bertz CT molecular complexity index is 1720. The summed E-state index contributed by atoms with van der Waals surface area (Å²) in [5.41, 5.74) is 3.02. The lowest BCUT2D eigenvalue weighted by Gasteiger charge is -2.13. The molecule has 1 aromatic carbocycles. The van der Waals surface area contributed by atoms with Crippen LogP contribution in [0.1, 0.15) is 21.6 Å². The summed E-state index contributed by atoms with van der Waals surface area (Å²) in [6.45, 7) is 3.68. The van der Waals surface area contributed by atoms with E-state index in [9.17, 15) is 9.90 Å². The number of amides is 1. The zero-order valence-electron chi connectivity index (χ0n) is 21.4. The number of benzene rings is 1. The van der Waals surface area contributed by atoms with Crippen molar-refractivity contribution in [1.29, 1.82) is 0 Å². The number of carbonyl (C=O) groups excluding carboxylic acids is 1. The van der Waals surface area contributed by atoms with E-state index >= 15 is 4.39 Å². The average molecular weight is 547 g/mol. The summed E-state index contributed by atoms with van der Waals surface area (Å²) >= 11 is 1.45. The molecule has 11 heteroatoms. The first kappa shape index (κ1) is 25.9. The molecule has 39 heavy (non-hydrogen) atoms. The Balaban J connectivity index is 1.40. The molecule has 2 N–H and O–H groups in total. The van der Waals surface area contributed by atoms with E-state index in [1.165, 1.54) is 50.1 Å². The minimum atomic E-state index is -0.723. The quantitative estimate of drug-likeness (QED) is 0.245. The number of hydrogen-bond donors (Lipinski definition) is 2. The van der Waals surface area contributed by atoms with Crippen molar-refractivity contribution in [3.63, 3.8) is 0 Å². The van der Waals surface area contributed by atoms with E-state index in [4.69, 9.17) is 14.2 Å². The Morgan fingerprint density at radius 2 is 1.85 bits per heavy atom. The summed E-state index contributed by atoms with van der Waals surface area (Å²) in [4.78, 5) is 26.8. The number of ether oxygens (including phenoxy) is 3. The molecule has 0 aliphatic heterocycles. The molecule has 0 bridgehead atoms. The molecule has 4 aromatic heterocycles. The van der Waals surface area contributed by atoms with Gasteiger partial charge in [0.05, 0.1) is 25.3 Å². The summed E-state index contributed by atoms with van der Waals surface area (Å²) in [7, 11) is 2.94. The fraction of sp³-hybridized carbons (Fsp3) is 0.143. The molecule has 0 radical (unpaired) electrons. The van der Waals surface area contributed by atoms with Crippen LogP contribution in [-0.2, 0) is 0 Å². The maximum Gasteiger partial charge on any atom is 0.261 e. The molecular weight excluding hydrogens is 523 g/mol. The number of aromatic hydroxyl groups is 1. The maximum atomic E-state index is 15.1. The number of rotatable bonds is 7. The number of nitrogens with zero attached hydrogens (tertiary/aromatic N) is 3. The van der Waals surface area contributed by atoms with E-state index in [2.05, 4.69) is 20.3 Å². The maximum absolute atomic E-state index is 15.1. The Kier molecular flexibility index (Phi) is 6.99. The molecule has 5 rings (SSSR count). The molecule has 0 unspecified atom stereocenters. The first-order valence-corrected chi connectivity index (χ1v) is 12.6. The predicted octanol–water partition coefficient (Wildman–Crippen LogP) is 6.28. The minimum absolute atomic E-state index is 0.0251. The van der Waals surface area contributed by atoms with E-state index in [0.717, 1.165) is 16.5 Å². The number of methoxy groups -OCH3 is 2. The summed E-state index contributed by atoms with van der Waals surface area (Å²) in [6, 6.07) is 9.11. The lowest BCUT2D eigenvalue weighted by atomic mass is 10.0. The van der Waals surface area contributed by atoms with Gasteiger partial charge in [-0.05, 0) is 43.0 Å². The number of hydrogen-bond acceptors (Lipinski definition) is 9. The van der Waals surface area contributed by atoms with Crippen molar-refractivity contribution >= 4 is 34.0 Å². The van der Waals surface area contributed by atoms with Gasteiger partial charge in [0.1, 0.15) is 16.8 Å². The SMILES string of the molecule is COc1cc2nccc(Oc3ccc(NC(=O)c4cnc(C)c(-c5sccc5C)c4O)cc3F)c2nc1OC. The summed E-state index contributed by atoms with van der Waals surface area (Å²) in [6.07, 6.45) is 2.80. The number of pyridine rings is 3. The normalized spacial score (nSPS) is 10.9. The van der Waals surface area contributed by atoms with Gasteiger partial charge in [0.15, 0.2) is 23.1 Å². The molecule has 4 heterocycles. The van der Waals surface area contributed by atoms with Crippen molar-refractivity contribution in [1.82, 2.24) is 15.0 Å². The Hall–Kier alpha value is -4.77. The van der Waals surface area contributed by atoms with Crippen molar-refractivity contribution < 1.29 is 28.5 Å². The molecule has 198 valence electrons. The van der Waals surface area contributed by atoms with Crippen LogP contribution in [0.25, 0.3) is 21.5 Å². The number of nitrogens with one attached hydrogen (secondary N) is 1. The van der Waals surface area contributed by atoms with Gasteiger partial charge in [-0.25, -0.2) is 9.37 Å². The van der Waals surface area contributed by atoms with Crippen molar-refractivity contribution in [2.24, 2.45) is 0 Å². The number of anilines is 1. The van der Waals surface area contributed by atoms with Crippen LogP contribution in [0.4, 0.5) is 10.1 Å². The summed E-state index contributed by atoms with van der Waals surface area (Å²) in [5.74, 6) is -0.750. The second-order valence-electron chi connectivity index (χ2n) is 8.49. The van der Waals surface area contributed by atoms with Crippen molar-refractivity contribution in [3.05, 3.63) is 76.8 Å². The van der Waals surface area contributed by atoms with Gasteiger partial charge in [0.2, 0.25) is 0 Å². The first-order chi connectivity index (χ1) is 18.8.